The third-order valence-corrected chi connectivity index (χ3v) is 4.45. The number of rotatable bonds is 2. The standard InChI is InChI=1S/C13H16BrClN2O2/c1-8(16)11-7-17(5-6-19-11)13(18)9-3-2-4-10(14)12(9)15/h2-4,8,11H,5-7,16H2,1H3. The molecule has 104 valence electrons. The lowest BCUT2D eigenvalue weighted by atomic mass is 10.1. The maximum absolute atomic E-state index is 12.5. The topological polar surface area (TPSA) is 55.6 Å². The number of morpholine rings is 1. The minimum atomic E-state index is -0.122. The lowest BCUT2D eigenvalue weighted by Gasteiger charge is -2.35. The van der Waals surface area contributed by atoms with Crippen molar-refractivity contribution in [3.8, 4) is 0 Å². The monoisotopic (exact) mass is 346 g/mol. The third kappa shape index (κ3) is 3.28. The molecule has 1 saturated heterocycles. The lowest BCUT2D eigenvalue weighted by molar-refractivity contribution is -0.0300. The fourth-order valence-electron chi connectivity index (χ4n) is 2.02. The van der Waals surface area contributed by atoms with Gasteiger partial charge in [-0.05, 0) is 35.0 Å². The Kier molecular flexibility index (Phi) is 4.84. The van der Waals surface area contributed by atoms with Crippen LogP contribution in [0.15, 0.2) is 22.7 Å². The summed E-state index contributed by atoms with van der Waals surface area (Å²) >= 11 is 9.48. The first-order valence-electron chi connectivity index (χ1n) is 6.11. The van der Waals surface area contributed by atoms with E-state index in [0.717, 1.165) is 4.47 Å². The molecule has 2 rings (SSSR count). The molecule has 2 atom stereocenters. The minimum Gasteiger partial charge on any atom is -0.373 e. The predicted octanol–water partition coefficient (Wildman–Crippen LogP) is 2.29. The molecule has 0 radical (unpaired) electrons. The van der Waals surface area contributed by atoms with Crippen LogP contribution in [0, 0.1) is 0 Å². The number of carbonyl (C=O) groups excluding carboxylic acids is 1. The quantitative estimate of drug-likeness (QED) is 0.893. The van der Waals surface area contributed by atoms with Crippen molar-refractivity contribution in [3.05, 3.63) is 33.3 Å². The van der Waals surface area contributed by atoms with E-state index in [4.69, 9.17) is 22.1 Å². The highest BCUT2D eigenvalue weighted by molar-refractivity contribution is 9.10. The van der Waals surface area contributed by atoms with Gasteiger partial charge >= 0.3 is 0 Å². The summed E-state index contributed by atoms with van der Waals surface area (Å²) in [4.78, 5) is 14.2. The van der Waals surface area contributed by atoms with Crippen LogP contribution >= 0.6 is 27.5 Å². The Balaban J connectivity index is 2.17. The van der Waals surface area contributed by atoms with Gasteiger partial charge < -0.3 is 15.4 Å². The van der Waals surface area contributed by atoms with E-state index < -0.39 is 0 Å². The lowest BCUT2D eigenvalue weighted by Crippen LogP contribution is -2.51. The second-order valence-electron chi connectivity index (χ2n) is 4.62. The number of amides is 1. The highest BCUT2D eigenvalue weighted by Crippen LogP contribution is 2.27. The van der Waals surface area contributed by atoms with Gasteiger partial charge in [0.25, 0.3) is 5.91 Å². The van der Waals surface area contributed by atoms with Gasteiger partial charge in [-0.2, -0.15) is 0 Å². The summed E-state index contributed by atoms with van der Waals surface area (Å²) in [7, 11) is 0. The van der Waals surface area contributed by atoms with E-state index in [1.54, 1.807) is 17.0 Å². The second kappa shape index (κ2) is 6.22. The zero-order valence-corrected chi connectivity index (χ0v) is 12.9. The van der Waals surface area contributed by atoms with Crippen LogP contribution in [0.4, 0.5) is 0 Å². The van der Waals surface area contributed by atoms with Crippen LogP contribution in [0.1, 0.15) is 17.3 Å². The van der Waals surface area contributed by atoms with Crippen molar-refractivity contribution in [2.45, 2.75) is 19.1 Å². The molecule has 19 heavy (non-hydrogen) atoms. The van der Waals surface area contributed by atoms with Crippen molar-refractivity contribution < 1.29 is 9.53 Å². The molecule has 4 nitrogen and oxygen atoms in total. The summed E-state index contributed by atoms with van der Waals surface area (Å²) in [5.74, 6) is -0.0831. The number of ether oxygens (including phenoxy) is 1. The third-order valence-electron chi connectivity index (χ3n) is 3.15. The molecule has 1 aliphatic heterocycles. The molecular formula is C13H16BrClN2O2. The molecule has 0 saturated carbocycles. The first-order valence-corrected chi connectivity index (χ1v) is 7.28. The Morgan fingerprint density at radius 3 is 3.05 bits per heavy atom. The molecule has 1 aromatic rings. The van der Waals surface area contributed by atoms with Gasteiger partial charge in [0.2, 0.25) is 0 Å². The average molecular weight is 348 g/mol. The summed E-state index contributed by atoms with van der Waals surface area (Å²) in [6, 6.07) is 5.23. The van der Waals surface area contributed by atoms with E-state index in [1.807, 2.05) is 13.0 Å². The maximum atomic E-state index is 12.5. The minimum absolute atomic E-state index is 0.0831. The normalized spacial score (nSPS) is 21.3. The summed E-state index contributed by atoms with van der Waals surface area (Å²) < 4.78 is 6.27. The predicted molar refractivity (Wildman–Crippen MR) is 78.4 cm³/mol. The number of nitrogens with zero attached hydrogens (tertiary/aromatic N) is 1. The molecule has 1 aromatic carbocycles. The summed E-state index contributed by atoms with van der Waals surface area (Å²) in [6.07, 6.45) is -0.122. The first kappa shape index (κ1) is 14.8. The van der Waals surface area contributed by atoms with E-state index in [1.165, 1.54) is 0 Å². The van der Waals surface area contributed by atoms with Gasteiger partial charge in [0.05, 0.1) is 23.3 Å². The number of halogens is 2. The molecule has 2 unspecified atom stereocenters. The molecule has 1 fully saturated rings. The van der Waals surface area contributed by atoms with Crippen molar-refractivity contribution in [1.82, 2.24) is 4.90 Å². The van der Waals surface area contributed by atoms with Gasteiger partial charge in [-0.15, -0.1) is 0 Å². The molecule has 0 bridgehead atoms. The van der Waals surface area contributed by atoms with Gasteiger partial charge in [-0.1, -0.05) is 17.7 Å². The fourth-order valence-corrected chi connectivity index (χ4v) is 2.59. The van der Waals surface area contributed by atoms with E-state index in [2.05, 4.69) is 15.9 Å². The Morgan fingerprint density at radius 1 is 1.63 bits per heavy atom. The number of nitrogens with two attached hydrogens (primary N) is 1. The van der Waals surface area contributed by atoms with Crippen LogP contribution in [-0.2, 0) is 4.74 Å². The van der Waals surface area contributed by atoms with E-state index in [0.29, 0.717) is 30.3 Å². The van der Waals surface area contributed by atoms with Gasteiger partial charge in [0, 0.05) is 23.6 Å². The van der Waals surface area contributed by atoms with Crippen molar-refractivity contribution in [3.63, 3.8) is 0 Å². The highest BCUT2D eigenvalue weighted by atomic mass is 79.9. The van der Waals surface area contributed by atoms with Gasteiger partial charge in [-0.25, -0.2) is 0 Å². The number of hydrogen-bond acceptors (Lipinski definition) is 3. The molecule has 0 aromatic heterocycles. The van der Waals surface area contributed by atoms with Crippen LogP contribution in [0.2, 0.25) is 5.02 Å². The fraction of sp³-hybridized carbons (Fsp3) is 0.462. The zero-order chi connectivity index (χ0) is 14.0. The van der Waals surface area contributed by atoms with Crippen molar-refractivity contribution in [2.24, 2.45) is 5.73 Å². The Bertz CT molecular complexity index is 482. The molecule has 1 amide bonds. The van der Waals surface area contributed by atoms with Gasteiger partial charge in [0.1, 0.15) is 0 Å². The number of carbonyl (C=O) groups is 1. The number of benzene rings is 1. The second-order valence-corrected chi connectivity index (χ2v) is 5.85. The van der Waals surface area contributed by atoms with Crippen LogP contribution in [0.5, 0.6) is 0 Å². The van der Waals surface area contributed by atoms with Crippen molar-refractivity contribution in [2.75, 3.05) is 19.7 Å². The van der Waals surface area contributed by atoms with Crippen LogP contribution in [0.25, 0.3) is 0 Å². The first-order chi connectivity index (χ1) is 9.00. The van der Waals surface area contributed by atoms with E-state index >= 15 is 0 Å². The Hall–Kier alpha value is -0.620. The summed E-state index contributed by atoms with van der Waals surface area (Å²) in [6.45, 7) is 3.44. The molecule has 6 heteroatoms. The number of hydrogen-bond donors (Lipinski definition) is 1. The Morgan fingerprint density at radius 2 is 2.37 bits per heavy atom. The summed E-state index contributed by atoms with van der Waals surface area (Å²) in [5.41, 5.74) is 6.33. The molecule has 0 spiro atoms. The SMILES string of the molecule is CC(N)C1CN(C(=O)c2cccc(Br)c2Cl)CCO1. The maximum Gasteiger partial charge on any atom is 0.255 e. The molecule has 1 heterocycles. The molecule has 2 N–H and O–H groups in total. The average Bonchev–Trinajstić information content (AvgIpc) is 2.41. The Labute approximate surface area is 126 Å². The van der Waals surface area contributed by atoms with E-state index in [9.17, 15) is 4.79 Å². The van der Waals surface area contributed by atoms with Crippen LogP contribution < -0.4 is 5.73 Å². The van der Waals surface area contributed by atoms with Crippen molar-refractivity contribution >= 4 is 33.4 Å². The van der Waals surface area contributed by atoms with Gasteiger partial charge in [-0.3, -0.25) is 4.79 Å². The zero-order valence-electron chi connectivity index (χ0n) is 10.6. The molecular weight excluding hydrogens is 332 g/mol. The van der Waals surface area contributed by atoms with E-state index in [-0.39, 0.29) is 18.1 Å². The van der Waals surface area contributed by atoms with Crippen LogP contribution in [0.3, 0.4) is 0 Å². The molecule has 1 aliphatic rings. The molecule has 0 aliphatic carbocycles. The van der Waals surface area contributed by atoms with Crippen molar-refractivity contribution in [1.29, 1.82) is 0 Å². The largest absolute Gasteiger partial charge is 0.373 e. The smallest absolute Gasteiger partial charge is 0.255 e. The van der Waals surface area contributed by atoms with Crippen LogP contribution in [-0.4, -0.2) is 42.6 Å². The highest BCUT2D eigenvalue weighted by Gasteiger charge is 2.28. The van der Waals surface area contributed by atoms with Gasteiger partial charge in [0.15, 0.2) is 0 Å². The summed E-state index contributed by atoms with van der Waals surface area (Å²) in [5, 5.41) is 0.441.